The first-order valence-electron chi connectivity index (χ1n) is 17.4. The van der Waals surface area contributed by atoms with Crippen LogP contribution in [0.4, 0.5) is 0 Å². The molecule has 0 fully saturated rings. The third-order valence-corrected chi connectivity index (χ3v) is 10.2. The summed E-state index contributed by atoms with van der Waals surface area (Å²) < 4.78 is 31.5. The van der Waals surface area contributed by atoms with Crippen molar-refractivity contribution in [2.75, 3.05) is 0 Å². The van der Waals surface area contributed by atoms with Gasteiger partial charge in [-0.05, 0) is 105 Å². The van der Waals surface area contributed by atoms with E-state index in [-0.39, 0.29) is 0 Å². The van der Waals surface area contributed by atoms with Crippen LogP contribution in [0.15, 0.2) is 125 Å². The second kappa shape index (κ2) is 10.9. The van der Waals surface area contributed by atoms with Crippen molar-refractivity contribution in [2.24, 2.45) is 0 Å². The number of rotatable bonds is 5. The van der Waals surface area contributed by atoms with Gasteiger partial charge in [0.2, 0.25) is 0 Å². The normalized spacial score (nSPS) is 12.1. The molecule has 0 aliphatic rings. The van der Waals surface area contributed by atoms with Gasteiger partial charge in [0.1, 0.15) is 56.7 Å². The average Bonchev–Trinajstić information content (AvgIpc) is 3.93. The Balaban J connectivity index is 1.09. The van der Waals surface area contributed by atoms with Gasteiger partial charge in [0.05, 0.1) is 0 Å². The van der Waals surface area contributed by atoms with Gasteiger partial charge in [0, 0.05) is 50.0 Å². The maximum absolute atomic E-state index is 6.48. The monoisotopic (exact) mass is 666 g/mol. The van der Waals surface area contributed by atoms with Gasteiger partial charge in [0.25, 0.3) is 0 Å². The number of para-hydroxylation sites is 1. The van der Waals surface area contributed by atoms with E-state index >= 15 is 0 Å². The fourth-order valence-electron chi connectivity index (χ4n) is 8.07. The fourth-order valence-corrected chi connectivity index (χ4v) is 8.07. The number of fused-ring (bicyclic) bond motifs is 5. The summed E-state index contributed by atoms with van der Waals surface area (Å²) >= 11 is 0. The molecule has 5 heteroatoms. The van der Waals surface area contributed by atoms with Crippen LogP contribution < -0.4 is 0 Å². The molecule has 0 aliphatic carbocycles. The molecule has 5 aromatic carbocycles. The molecule has 10 rings (SSSR count). The minimum absolute atomic E-state index is 0.690. The maximum atomic E-state index is 6.48. The first kappa shape index (κ1) is 29.7. The van der Waals surface area contributed by atoms with E-state index in [0.717, 1.165) is 123 Å². The average molecular weight is 667 g/mol. The highest BCUT2D eigenvalue weighted by Crippen LogP contribution is 2.44. The Hall–Kier alpha value is -6.20. The lowest BCUT2D eigenvalue weighted by molar-refractivity contribution is 0.575. The SMILES string of the molecule is Cc1cc2c(-c3ccc(Cc4ccc(-c5ccc(-c6cccc7cc(C)oc67)c6cc(C)oc56)c5cc(C)oc45)c4cc(C)oc34)cccc2o1. The summed E-state index contributed by atoms with van der Waals surface area (Å²) in [5, 5.41) is 5.41. The Bertz CT molecular complexity index is 3000. The smallest absolute Gasteiger partial charge is 0.142 e. The maximum Gasteiger partial charge on any atom is 0.142 e. The highest BCUT2D eigenvalue weighted by atomic mass is 16.3. The Morgan fingerprint density at radius 1 is 0.353 bits per heavy atom. The zero-order valence-electron chi connectivity index (χ0n) is 29.1. The van der Waals surface area contributed by atoms with Crippen LogP contribution in [0.5, 0.6) is 0 Å². The van der Waals surface area contributed by atoms with Crippen molar-refractivity contribution in [1.29, 1.82) is 0 Å². The molecule has 10 aromatic rings. The Morgan fingerprint density at radius 2 is 0.824 bits per heavy atom. The Labute approximate surface area is 293 Å². The van der Waals surface area contributed by atoms with E-state index in [2.05, 4.69) is 91.0 Å². The number of hydrogen-bond acceptors (Lipinski definition) is 5. The summed E-state index contributed by atoms with van der Waals surface area (Å²) in [6.45, 7) is 10.0. The number of aryl methyl sites for hydroxylation is 5. The second-order valence-electron chi connectivity index (χ2n) is 13.8. The van der Waals surface area contributed by atoms with Crippen LogP contribution in [0.3, 0.4) is 0 Å². The lowest BCUT2D eigenvalue weighted by Gasteiger charge is -2.12. The van der Waals surface area contributed by atoms with Crippen LogP contribution in [0, 0.1) is 34.6 Å². The Morgan fingerprint density at radius 3 is 1.61 bits per heavy atom. The van der Waals surface area contributed by atoms with Gasteiger partial charge in [-0.15, -0.1) is 0 Å². The number of furan rings is 5. The van der Waals surface area contributed by atoms with Gasteiger partial charge in [-0.25, -0.2) is 0 Å². The molecule has 0 aliphatic heterocycles. The molecular formula is C46H34O5. The predicted molar refractivity (Wildman–Crippen MR) is 205 cm³/mol. The third-order valence-electron chi connectivity index (χ3n) is 10.2. The molecule has 0 N–H and O–H groups in total. The van der Waals surface area contributed by atoms with Crippen molar-refractivity contribution in [3.63, 3.8) is 0 Å². The van der Waals surface area contributed by atoms with Crippen molar-refractivity contribution in [1.82, 2.24) is 0 Å². The van der Waals surface area contributed by atoms with E-state index in [4.69, 9.17) is 22.1 Å². The van der Waals surface area contributed by atoms with Crippen LogP contribution in [-0.2, 0) is 6.42 Å². The van der Waals surface area contributed by atoms with Crippen molar-refractivity contribution in [3.8, 4) is 33.4 Å². The standard InChI is InChI=1S/C46H34O5/c1-24-18-30-8-6-10-35(43(30)48-24)34-16-17-37(46-41(34)22-28(5)51-46)33-14-13-31(44-40(33)21-27(4)49-44)23-29-12-15-36(45-38(29)19-26(3)50-45)32-9-7-11-42-39(32)20-25(2)47-42/h6-22H,23H2,1-5H3. The molecule has 248 valence electrons. The number of benzene rings is 5. The molecule has 0 radical (unpaired) electrons. The van der Waals surface area contributed by atoms with E-state index in [9.17, 15) is 0 Å². The van der Waals surface area contributed by atoms with E-state index in [0.29, 0.717) is 6.42 Å². The highest BCUT2D eigenvalue weighted by molar-refractivity contribution is 6.10. The minimum Gasteiger partial charge on any atom is -0.461 e. The van der Waals surface area contributed by atoms with Gasteiger partial charge in [-0.3, -0.25) is 0 Å². The molecule has 0 spiro atoms. The van der Waals surface area contributed by atoms with E-state index in [1.165, 1.54) is 5.56 Å². The topological polar surface area (TPSA) is 65.7 Å². The van der Waals surface area contributed by atoms with Crippen LogP contribution in [0.2, 0.25) is 0 Å². The molecule has 5 nitrogen and oxygen atoms in total. The molecule has 0 amide bonds. The van der Waals surface area contributed by atoms with Gasteiger partial charge >= 0.3 is 0 Å². The second-order valence-corrected chi connectivity index (χ2v) is 13.8. The molecule has 0 bridgehead atoms. The molecule has 0 atom stereocenters. The largest absolute Gasteiger partial charge is 0.461 e. The molecule has 51 heavy (non-hydrogen) atoms. The summed E-state index contributed by atoms with van der Waals surface area (Å²) in [5.74, 6) is 4.39. The van der Waals surface area contributed by atoms with Crippen LogP contribution in [-0.4, -0.2) is 0 Å². The fraction of sp³-hybridized carbons (Fsp3) is 0.130. The van der Waals surface area contributed by atoms with Crippen molar-refractivity contribution in [2.45, 2.75) is 41.0 Å². The number of hydrogen-bond donors (Lipinski definition) is 0. The van der Waals surface area contributed by atoms with Gasteiger partial charge in [-0.1, -0.05) is 60.7 Å². The summed E-state index contributed by atoms with van der Waals surface area (Å²) in [4.78, 5) is 0. The van der Waals surface area contributed by atoms with Gasteiger partial charge < -0.3 is 22.1 Å². The molecule has 5 aromatic heterocycles. The van der Waals surface area contributed by atoms with Crippen molar-refractivity contribution >= 4 is 54.8 Å². The lowest BCUT2D eigenvalue weighted by atomic mass is 9.91. The predicted octanol–water partition coefficient (Wildman–Crippen LogP) is 13.6. The molecular weight excluding hydrogens is 633 g/mol. The van der Waals surface area contributed by atoms with Crippen LogP contribution in [0.25, 0.3) is 88.2 Å². The summed E-state index contributed by atoms with van der Waals surface area (Å²) in [6, 6.07) is 36.3. The van der Waals surface area contributed by atoms with Crippen molar-refractivity contribution < 1.29 is 22.1 Å². The molecule has 0 unspecified atom stereocenters. The first-order valence-corrected chi connectivity index (χ1v) is 17.4. The lowest BCUT2D eigenvalue weighted by Crippen LogP contribution is -1.93. The van der Waals surface area contributed by atoms with Gasteiger partial charge in [0.15, 0.2) is 0 Å². The summed E-state index contributed by atoms with van der Waals surface area (Å²) in [7, 11) is 0. The van der Waals surface area contributed by atoms with Crippen molar-refractivity contribution in [3.05, 3.63) is 143 Å². The molecule has 0 saturated carbocycles. The van der Waals surface area contributed by atoms with Crippen LogP contribution >= 0.6 is 0 Å². The first-order chi connectivity index (χ1) is 24.8. The third kappa shape index (κ3) is 4.61. The summed E-state index contributed by atoms with van der Waals surface area (Å²) in [5.41, 5.74) is 13.1. The quantitative estimate of drug-likeness (QED) is 0.183. The molecule has 5 heterocycles. The van der Waals surface area contributed by atoms with Gasteiger partial charge in [-0.2, -0.15) is 0 Å². The van der Waals surface area contributed by atoms with E-state index in [1.54, 1.807) is 0 Å². The zero-order valence-corrected chi connectivity index (χ0v) is 29.1. The van der Waals surface area contributed by atoms with Crippen LogP contribution in [0.1, 0.15) is 39.9 Å². The van der Waals surface area contributed by atoms with E-state index < -0.39 is 0 Å². The Kier molecular flexibility index (Phi) is 6.35. The minimum atomic E-state index is 0.690. The summed E-state index contributed by atoms with van der Waals surface area (Å²) in [6.07, 6.45) is 0.690. The van der Waals surface area contributed by atoms with E-state index in [1.807, 2.05) is 46.8 Å². The highest BCUT2D eigenvalue weighted by Gasteiger charge is 2.22. The molecule has 0 saturated heterocycles. The zero-order chi connectivity index (χ0) is 34.5.